The monoisotopic (exact) mass is 131 g/mol. The second-order valence-corrected chi connectivity index (χ2v) is 1.79. The summed E-state index contributed by atoms with van der Waals surface area (Å²) in [5.74, 6) is -2.25. The quantitative estimate of drug-likeness (QED) is 0.346. The molecule has 1 atom stereocenters. The Morgan fingerprint density at radius 2 is 2.11 bits per heavy atom. The van der Waals surface area contributed by atoms with E-state index in [2.05, 4.69) is 10.5 Å². The maximum atomic E-state index is 10.2. The van der Waals surface area contributed by atoms with Crippen LogP contribution in [0.5, 0.6) is 0 Å². The van der Waals surface area contributed by atoms with Crippen molar-refractivity contribution in [1.29, 1.82) is 0 Å². The molecule has 0 spiro atoms. The van der Waals surface area contributed by atoms with Crippen molar-refractivity contribution in [3.8, 4) is 0 Å². The molecule has 1 rings (SSSR count). The standard InChI is InChI=1S/C4H5NO4/c5-2(6)4(1-9-4)3(7)8/h1H2,(H2,5,6)(H,7,8). The van der Waals surface area contributed by atoms with Crippen LogP contribution in [0.4, 0.5) is 0 Å². The van der Waals surface area contributed by atoms with Gasteiger partial charge in [0.2, 0.25) is 0 Å². The van der Waals surface area contributed by atoms with Gasteiger partial charge in [-0.3, -0.25) is 4.79 Å². The zero-order valence-corrected chi connectivity index (χ0v) is 4.46. The van der Waals surface area contributed by atoms with Crippen molar-refractivity contribution >= 4 is 11.9 Å². The van der Waals surface area contributed by atoms with Gasteiger partial charge in [-0.25, -0.2) is 4.79 Å². The molecule has 0 aromatic carbocycles. The Morgan fingerprint density at radius 3 is 2.11 bits per heavy atom. The molecule has 1 fully saturated rings. The molecular formula is C4H5NO4. The minimum atomic E-state index is -1.69. The molecule has 1 saturated heterocycles. The lowest BCUT2D eigenvalue weighted by molar-refractivity contribution is -0.147. The highest BCUT2D eigenvalue weighted by Gasteiger charge is 2.58. The molecule has 0 aromatic rings. The molecule has 1 amide bonds. The van der Waals surface area contributed by atoms with Gasteiger partial charge in [0.15, 0.2) is 0 Å². The molecule has 5 heteroatoms. The lowest BCUT2D eigenvalue weighted by atomic mass is 10.2. The predicted octanol–water partition coefficient (Wildman–Crippen LogP) is -1.67. The van der Waals surface area contributed by atoms with Crippen molar-refractivity contribution < 1.29 is 19.4 Å². The van der Waals surface area contributed by atoms with Crippen molar-refractivity contribution in [1.82, 2.24) is 0 Å². The van der Waals surface area contributed by atoms with E-state index in [1.165, 1.54) is 0 Å². The summed E-state index contributed by atoms with van der Waals surface area (Å²) in [6.45, 7) is -0.0995. The smallest absolute Gasteiger partial charge is 0.348 e. The number of epoxide rings is 1. The number of rotatable bonds is 2. The van der Waals surface area contributed by atoms with E-state index in [-0.39, 0.29) is 6.61 Å². The average Bonchev–Trinajstić information content (AvgIpc) is 2.40. The van der Waals surface area contributed by atoms with Crippen LogP contribution in [0.3, 0.4) is 0 Å². The number of carboxylic acid groups (broad SMARTS) is 1. The molecule has 1 unspecified atom stereocenters. The first kappa shape index (κ1) is 6.03. The lowest BCUT2D eigenvalue weighted by Gasteiger charge is -1.96. The van der Waals surface area contributed by atoms with Crippen molar-refractivity contribution in [3.63, 3.8) is 0 Å². The summed E-state index contributed by atoms with van der Waals surface area (Å²) in [5, 5.41) is 8.25. The zero-order chi connectivity index (χ0) is 7.07. The molecule has 1 aliphatic rings. The number of hydrogen-bond acceptors (Lipinski definition) is 3. The SMILES string of the molecule is NC(=O)C1(C(=O)O)CO1. The largest absolute Gasteiger partial charge is 0.479 e. The summed E-state index contributed by atoms with van der Waals surface area (Å²) in [6, 6.07) is 0. The van der Waals surface area contributed by atoms with E-state index in [1.54, 1.807) is 0 Å². The van der Waals surface area contributed by atoms with Crippen LogP contribution in [0.25, 0.3) is 0 Å². The normalized spacial score (nSPS) is 31.6. The van der Waals surface area contributed by atoms with Gasteiger partial charge in [-0.05, 0) is 0 Å². The molecular weight excluding hydrogens is 126 g/mol. The highest BCUT2D eigenvalue weighted by Crippen LogP contribution is 2.25. The maximum Gasteiger partial charge on any atom is 0.348 e. The molecule has 1 aliphatic heterocycles. The Hall–Kier alpha value is -1.10. The van der Waals surface area contributed by atoms with Gasteiger partial charge in [0.1, 0.15) is 0 Å². The number of aliphatic carboxylic acids is 1. The van der Waals surface area contributed by atoms with Gasteiger partial charge in [0.05, 0.1) is 6.61 Å². The first-order valence-corrected chi connectivity index (χ1v) is 2.27. The van der Waals surface area contributed by atoms with Crippen LogP contribution in [0.15, 0.2) is 0 Å². The van der Waals surface area contributed by atoms with E-state index < -0.39 is 17.5 Å². The van der Waals surface area contributed by atoms with Gasteiger partial charge in [-0.15, -0.1) is 0 Å². The first-order valence-electron chi connectivity index (χ1n) is 2.27. The Morgan fingerprint density at radius 1 is 1.67 bits per heavy atom. The molecule has 0 aliphatic carbocycles. The number of nitrogens with two attached hydrogens (primary N) is 1. The molecule has 0 bridgehead atoms. The van der Waals surface area contributed by atoms with Crippen LogP contribution < -0.4 is 5.73 Å². The maximum absolute atomic E-state index is 10.2. The van der Waals surface area contributed by atoms with Gasteiger partial charge in [0.25, 0.3) is 11.5 Å². The molecule has 9 heavy (non-hydrogen) atoms. The third-order valence-electron chi connectivity index (χ3n) is 1.18. The predicted molar refractivity (Wildman–Crippen MR) is 25.5 cm³/mol. The summed E-state index contributed by atoms with van der Waals surface area (Å²) in [5.41, 5.74) is 2.99. The van der Waals surface area contributed by atoms with Crippen molar-refractivity contribution in [2.45, 2.75) is 5.60 Å². The summed E-state index contributed by atoms with van der Waals surface area (Å²) in [7, 11) is 0. The topological polar surface area (TPSA) is 92.9 Å². The molecule has 1 heterocycles. The van der Waals surface area contributed by atoms with E-state index in [9.17, 15) is 9.59 Å². The Bertz CT molecular complexity index is 155. The lowest BCUT2D eigenvalue weighted by Crippen LogP contribution is -2.39. The minimum absolute atomic E-state index is 0.0995. The first-order chi connectivity index (χ1) is 4.09. The second-order valence-electron chi connectivity index (χ2n) is 1.79. The molecule has 0 saturated carbocycles. The highest BCUT2D eigenvalue weighted by atomic mass is 16.6. The van der Waals surface area contributed by atoms with E-state index >= 15 is 0 Å². The number of ether oxygens (including phenoxy) is 1. The second kappa shape index (κ2) is 1.44. The Balaban J connectivity index is 2.75. The molecule has 0 aromatic heterocycles. The van der Waals surface area contributed by atoms with Crippen LogP contribution in [-0.2, 0) is 14.3 Å². The third-order valence-corrected chi connectivity index (χ3v) is 1.18. The van der Waals surface area contributed by atoms with E-state index in [1.807, 2.05) is 0 Å². The zero-order valence-electron chi connectivity index (χ0n) is 4.46. The number of carboxylic acids is 1. The summed E-state index contributed by atoms with van der Waals surface area (Å²) >= 11 is 0. The van der Waals surface area contributed by atoms with Gasteiger partial charge in [0, 0.05) is 0 Å². The summed E-state index contributed by atoms with van der Waals surface area (Å²) < 4.78 is 4.34. The van der Waals surface area contributed by atoms with E-state index in [0.717, 1.165) is 0 Å². The summed E-state index contributed by atoms with van der Waals surface area (Å²) in [6.07, 6.45) is 0. The highest BCUT2D eigenvalue weighted by molar-refractivity contribution is 6.07. The van der Waals surface area contributed by atoms with Crippen LogP contribution in [0.2, 0.25) is 0 Å². The van der Waals surface area contributed by atoms with Gasteiger partial charge in [-0.2, -0.15) is 0 Å². The molecule has 5 nitrogen and oxygen atoms in total. The third kappa shape index (κ3) is 0.655. The van der Waals surface area contributed by atoms with Crippen molar-refractivity contribution in [3.05, 3.63) is 0 Å². The molecule has 3 N–H and O–H groups in total. The number of hydrogen-bond donors (Lipinski definition) is 2. The summed E-state index contributed by atoms with van der Waals surface area (Å²) in [4.78, 5) is 20.3. The minimum Gasteiger partial charge on any atom is -0.479 e. The number of amides is 1. The van der Waals surface area contributed by atoms with Crippen LogP contribution >= 0.6 is 0 Å². The van der Waals surface area contributed by atoms with Gasteiger partial charge < -0.3 is 15.6 Å². The number of primary amides is 1. The van der Waals surface area contributed by atoms with Crippen LogP contribution in [0.1, 0.15) is 0 Å². The van der Waals surface area contributed by atoms with Crippen molar-refractivity contribution in [2.75, 3.05) is 6.61 Å². The van der Waals surface area contributed by atoms with Crippen LogP contribution in [-0.4, -0.2) is 29.2 Å². The van der Waals surface area contributed by atoms with Crippen LogP contribution in [0, 0.1) is 0 Å². The van der Waals surface area contributed by atoms with E-state index in [4.69, 9.17) is 5.11 Å². The van der Waals surface area contributed by atoms with Gasteiger partial charge in [-0.1, -0.05) is 0 Å². The fourth-order valence-electron chi connectivity index (χ4n) is 0.443. The average molecular weight is 131 g/mol. The molecule has 50 valence electrons. The fourth-order valence-corrected chi connectivity index (χ4v) is 0.443. The Kier molecular flexibility index (Phi) is 0.967. The Labute approximate surface area is 50.4 Å². The van der Waals surface area contributed by atoms with Crippen molar-refractivity contribution in [2.24, 2.45) is 5.73 Å². The van der Waals surface area contributed by atoms with Gasteiger partial charge >= 0.3 is 5.97 Å². The van der Waals surface area contributed by atoms with E-state index in [0.29, 0.717) is 0 Å². The number of carbonyl (C=O) groups is 2. The fraction of sp³-hybridized carbons (Fsp3) is 0.500. The molecule has 0 radical (unpaired) electrons. The number of carbonyl (C=O) groups excluding carboxylic acids is 1.